The van der Waals surface area contributed by atoms with Crippen molar-refractivity contribution in [2.75, 3.05) is 13.1 Å². The van der Waals surface area contributed by atoms with Crippen molar-refractivity contribution in [1.29, 1.82) is 0 Å². The largest absolute Gasteiger partial charge is 0.478 e. The predicted octanol–water partition coefficient (Wildman–Crippen LogP) is 1.93. The number of benzene rings is 1. The number of amides is 1. The lowest BCUT2D eigenvalue weighted by Crippen LogP contribution is -2.52. The van der Waals surface area contributed by atoms with E-state index < -0.39 is 5.97 Å². The summed E-state index contributed by atoms with van der Waals surface area (Å²) in [5.41, 5.74) is 2.67. The van der Waals surface area contributed by atoms with Crippen molar-refractivity contribution < 1.29 is 19.8 Å². The van der Waals surface area contributed by atoms with Gasteiger partial charge >= 0.3 is 5.97 Å². The maximum atomic E-state index is 12.8. The van der Waals surface area contributed by atoms with E-state index in [1.807, 2.05) is 15.5 Å². The summed E-state index contributed by atoms with van der Waals surface area (Å²) in [6.45, 7) is 1.88. The fourth-order valence-corrected chi connectivity index (χ4v) is 5.16. The van der Waals surface area contributed by atoms with E-state index in [4.69, 9.17) is 5.11 Å². The van der Waals surface area contributed by atoms with Crippen molar-refractivity contribution in [3.05, 3.63) is 58.0 Å². The predicted molar refractivity (Wildman–Crippen MR) is 109 cm³/mol. The van der Waals surface area contributed by atoms with E-state index in [0.29, 0.717) is 32.5 Å². The van der Waals surface area contributed by atoms with Crippen LogP contribution in [0, 0.1) is 11.8 Å². The number of likely N-dealkylation sites (tertiary alicyclic amines) is 1. The van der Waals surface area contributed by atoms with Gasteiger partial charge in [0.2, 0.25) is 5.91 Å². The van der Waals surface area contributed by atoms with Crippen LogP contribution in [-0.2, 0) is 11.3 Å². The molecule has 2 aromatic rings. The van der Waals surface area contributed by atoms with Crippen LogP contribution in [0.15, 0.2) is 41.2 Å². The van der Waals surface area contributed by atoms with Crippen molar-refractivity contribution in [2.45, 2.75) is 37.8 Å². The number of hydrogen-bond donors (Lipinski definition) is 2. The first-order valence-electron chi connectivity index (χ1n) is 10.4. The molecule has 1 saturated heterocycles. The molecule has 2 aliphatic heterocycles. The molecule has 2 N–H and O–H groups in total. The van der Waals surface area contributed by atoms with E-state index in [1.165, 1.54) is 0 Å². The van der Waals surface area contributed by atoms with E-state index in [1.54, 1.807) is 30.3 Å². The maximum Gasteiger partial charge on any atom is 0.335 e. The lowest BCUT2D eigenvalue weighted by molar-refractivity contribution is -0.145. The number of hydrogen-bond acceptors (Lipinski definition) is 4. The maximum absolute atomic E-state index is 12.8. The highest BCUT2D eigenvalue weighted by Gasteiger charge is 2.41. The first-order valence-corrected chi connectivity index (χ1v) is 10.4. The van der Waals surface area contributed by atoms with E-state index in [9.17, 15) is 19.5 Å². The number of aliphatic hydroxyl groups is 1. The van der Waals surface area contributed by atoms with Gasteiger partial charge < -0.3 is 19.7 Å². The second-order valence-corrected chi connectivity index (χ2v) is 8.86. The second-order valence-electron chi connectivity index (χ2n) is 8.86. The molecule has 2 bridgehead atoms. The Labute approximate surface area is 173 Å². The summed E-state index contributed by atoms with van der Waals surface area (Å²) in [6, 6.07) is 10.1. The number of carboxylic acids is 1. The van der Waals surface area contributed by atoms with Gasteiger partial charge in [-0.25, -0.2) is 4.79 Å². The van der Waals surface area contributed by atoms with Crippen molar-refractivity contribution in [3.63, 3.8) is 0 Å². The fraction of sp³-hybridized carbons (Fsp3) is 0.435. The van der Waals surface area contributed by atoms with Crippen molar-refractivity contribution in [1.82, 2.24) is 9.47 Å². The number of piperidine rings is 1. The summed E-state index contributed by atoms with van der Waals surface area (Å²) < 4.78 is 1.84. The zero-order valence-corrected chi connectivity index (χ0v) is 16.5. The van der Waals surface area contributed by atoms with Crippen LogP contribution in [0.5, 0.6) is 0 Å². The highest BCUT2D eigenvalue weighted by molar-refractivity contribution is 5.88. The van der Waals surface area contributed by atoms with Crippen molar-refractivity contribution >= 4 is 11.9 Å². The van der Waals surface area contributed by atoms with Gasteiger partial charge in [0, 0.05) is 43.2 Å². The molecule has 0 spiro atoms. The molecule has 2 fully saturated rings. The molecule has 1 amide bonds. The third-order valence-corrected chi connectivity index (χ3v) is 6.80. The van der Waals surface area contributed by atoms with Crippen LogP contribution < -0.4 is 5.56 Å². The summed E-state index contributed by atoms with van der Waals surface area (Å²) in [5.74, 6) is -0.545. The number of aliphatic hydroxyl groups excluding tert-OH is 1. The van der Waals surface area contributed by atoms with E-state index in [2.05, 4.69) is 0 Å². The number of aromatic carboxylic acids is 1. The lowest BCUT2D eigenvalue weighted by atomic mass is 9.78. The number of rotatable bonds is 3. The molecule has 1 aromatic carbocycles. The Morgan fingerprint density at radius 2 is 1.67 bits per heavy atom. The summed E-state index contributed by atoms with van der Waals surface area (Å²) in [7, 11) is 0. The molecule has 30 heavy (non-hydrogen) atoms. The molecule has 5 rings (SSSR count). The molecule has 3 heterocycles. The summed E-state index contributed by atoms with van der Waals surface area (Å²) in [5, 5.41) is 18.6. The van der Waals surface area contributed by atoms with Crippen molar-refractivity contribution in [3.8, 4) is 11.1 Å². The van der Waals surface area contributed by atoms with Gasteiger partial charge in [0.05, 0.1) is 11.7 Å². The quantitative estimate of drug-likeness (QED) is 0.808. The Hall–Kier alpha value is -2.93. The van der Waals surface area contributed by atoms with Crippen LogP contribution in [0.1, 0.15) is 41.2 Å². The van der Waals surface area contributed by atoms with Crippen LogP contribution in [0.2, 0.25) is 0 Å². The van der Waals surface area contributed by atoms with Crippen LogP contribution in [0.3, 0.4) is 0 Å². The molecule has 7 nitrogen and oxygen atoms in total. The molecular weight excluding hydrogens is 384 g/mol. The minimum atomic E-state index is -0.982. The number of carboxylic acid groups (broad SMARTS) is 1. The second kappa shape index (κ2) is 7.09. The average Bonchev–Trinajstić information content (AvgIpc) is 2.71. The monoisotopic (exact) mass is 408 g/mol. The topological polar surface area (TPSA) is 99.8 Å². The van der Waals surface area contributed by atoms with E-state index >= 15 is 0 Å². The highest BCUT2D eigenvalue weighted by Crippen LogP contribution is 2.38. The van der Waals surface area contributed by atoms with Gasteiger partial charge in [0.25, 0.3) is 5.56 Å². The molecule has 7 heteroatoms. The van der Waals surface area contributed by atoms with Gasteiger partial charge in [-0.2, -0.15) is 0 Å². The fourth-order valence-electron chi connectivity index (χ4n) is 5.16. The summed E-state index contributed by atoms with van der Waals surface area (Å²) in [6.07, 6.45) is 1.71. The lowest BCUT2D eigenvalue weighted by Gasteiger charge is -2.45. The van der Waals surface area contributed by atoms with Gasteiger partial charge in [-0.3, -0.25) is 9.59 Å². The smallest absolute Gasteiger partial charge is 0.335 e. The molecule has 3 aliphatic rings. The van der Waals surface area contributed by atoms with E-state index in [-0.39, 0.29) is 40.9 Å². The van der Waals surface area contributed by atoms with Crippen LogP contribution in [0.25, 0.3) is 11.1 Å². The highest BCUT2D eigenvalue weighted by atomic mass is 16.4. The summed E-state index contributed by atoms with van der Waals surface area (Å²) >= 11 is 0. The number of pyridine rings is 1. The van der Waals surface area contributed by atoms with Gasteiger partial charge in [0.1, 0.15) is 0 Å². The Morgan fingerprint density at radius 3 is 2.33 bits per heavy atom. The number of carbonyl (C=O) groups excluding carboxylic acids is 1. The first kappa shape index (κ1) is 19.1. The SMILES string of the molecule is O=C(O)c1ccc(-c2cc3n(c(=O)c2)C[C@H]2C[C@@H]3CN(C(=O)C3CC(O)C3)C2)cc1. The van der Waals surface area contributed by atoms with Gasteiger partial charge in [-0.05, 0) is 54.5 Å². The van der Waals surface area contributed by atoms with Crippen LogP contribution in [-0.4, -0.2) is 50.8 Å². The molecule has 1 aromatic heterocycles. The van der Waals surface area contributed by atoms with Gasteiger partial charge in [-0.15, -0.1) is 0 Å². The van der Waals surface area contributed by atoms with Crippen molar-refractivity contribution in [2.24, 2.45) is 11.8 Å². The molecule has 2 atom stereocenters. The summed E-state index contributed by atoms with van der Waals surface area (Å²) in [4.78, 5) is 38.7. The Morgan fingerprint density at radius 1 is 0.933 bits per heavy atom. The first-order chi connectivity index (χ1) is 14.4. The number of aromatic nitrogens is 1. The molecule has 0 radical (unpaired) electrons. The average molecular weight is 408 g/mol. The molecular formula is C23H24N2O5. The van der Waals surface area contributed by atoms with E-state index in [0.717, 1.165) is 23.2 Å². The minimum absolute atomic E-state index is 0.0543. The third kappa shape index (κ3) is 3.23. The van der Waals surface area contributed by atoms with Crippen LogP contribution >= 0.6 is 0 Å². The third-order valence-electron chi connectivity index (χ3n) is 6.80. The number of nitrogens with zero attached hydrogens (tertiary/aromatic N) is 2. The molecule has 1 saturated carbocycles. The number of carbonyl (C=O) groups is 2. The zero-order valence-electron chi connectivity index (χ0n) is 16.5. The Kier molecular flexibility index (Phi) is 4.50. The van der Waals surface area contributed by atoms with Crippen LogP contribution in [0.4, 0.5) is 0 Å². The molecule has 1 aliphatic carbocycles. The normalized spacial score (nSPS) is 27.2. The number of fused-ring (bicyclic) bond motifs is 4. The zero-order chi connectivity index (χ0) is 21.0. The Balaban J connectivity index is 1.44. The Bertz CT molecular complexity index is 1070. The molecule has 156 valence electrons. The van der Waals surface area contributed by atoms with Gasteiger partial charge in [-0.1, -0.05) is 12.1 Å². The molecule has 0 unspecified atom stereocenters. The minimum Gasteiger partial charge on any atom is -0.478 e. The standard InChI is InChI=1S/C23H24N2O5/c26-19-6-17(7-19)22(28)24-10-13-5-18(12-24)20-8-16(9-21(27)25(20)11-13)14-1-3-15(4-2-14)23(29)30/h1-4,8-9,13,17-19,26H,5-7,10-12H2,(H,29,30)/t13-,17?,18+,19?/m0/s1. The van der Waals surface area contributed by atoms with Gasteiger partial charge in [0.15, 0.2) is 0 Å².